The number of hydrogen-bond acceptors (Lipinski definition) is 12. The molecule has 5 rings (SSSR count). The predicted molar refractivity (Wildman–Crippen MR) is 174 cm³/mol. The second kappa shape index (κ2) is 16.1. The summed E-state index contributed by atoms with van der Waals surface area (Å²) in [6, 6.07) is 15.8. The summed E-state index contributed by atoms with van der Waals surface area (Å²) in [7, 11) is 0. The topological polar surface area (TPSA) is 228 Å². The molecule has 0 radical (unpaired) electrons. The van der Waals surface area contributed by atoms with Crippen LogP contribution in [-0.4, -0.2) is 117 Å². The number of carboxylic acid groups (broad SMARTS) is 1. The fourth-order valence-corrected chi connectivity index (χ4v) is 5.63. The number of nitrogens with two attached hydrogens (primary N) is 1. The summed E-state index contributed by atoms with van der Waals surface area (Å²) in [6.07, 6.45) is 0.606. The van der Waals surface area contributed by atoms with Gasteiger partial charge in [-0.05, 0) is 49.7 Å². The maximum absolute atomic E-state index is 13.4. The Morgan fingerprint density at radius 2 is 1.56 bits per heavy atom. The zero-order chi connectivity index (χ0) is 34.9. The number of nitrogens with one attached hydrogen (secondary N) is 2. The summed E-state index contributed by atoms with van der Waals surface area (Å²) in [5, 5.41) is 39.5. The van der Waals surface area contributed by atoms with Crippen molar-refractivity contribution in [2.75, 3.05) is 52.5 Å². The second-order valence-electron chi connectivity index (χ2n) is 11.9. The molecule has 15 heteroatoms. The molecule has 15 nitrogen and oxygen atoms in total. The van der Waals surface area contributed by atoms with E-state index in [1.165, 1.54) is 0 Å². The minimum Gasteiger partial charge on any atom is -0.489 e. The van der Waals surface area contributed by atoms with Crippen LogP contribution in [0.4, 0.5) is 4.79 Å². The van der Waals surface area contributed by atoms with Gasteiger partial charge in [0.1, 0.15) is 12.4 Å². The van der Waals surface area contributed by atoms with Gasteiger partial charge in [-0.1, -0.05) is 30.3 Å². The Morgan fingerprint density at radius 1 is 0.958 bits per heavy atom. The molecular weight excluding hydrogens is 624 g/mol. The van der Waals surface area contributed by atoms with Crippen molar-refractivity contribution in [3.63, 3.8) is 0 Å². The quantitative estimate of drug-likeness (QED) is 0.125. The fraction of sp³-hybridized carbons (Fsp3) is 0.424. The number of aliphatic hydroxyl groups is 3. The number of aliphatic hydroxyl groups excluding tert-OH is 3. The van der Waals surface area contributed by atoms with Crippen LogP contribution in [0.1, 0.15) is 29.7 Å². The van der Waals surface area contributed by atoms with Gasteiger partial charge in [-0.2, -0.15) is 0 Å². The zero-order valence-corrected chi connectivity index (χ0v) is 26.7. The number of fused-ring (bicyclic) bond motifs is 1. The lowest BCUT2D eigenvalue weighted by Gasteiger charge is -2.46. The molecule has 2 aliphatic rings. The maximum atomic E-state index is 13.4. The molecule has 2 aliphatic heterocycles. The minimum absolute atomic E-state index is 0.0858. The number of aromatic nitrogens is 1. The molecule has 0 saturated carbocycles. The molecule has 0 unspecified atom stereocenters. The third kappa shape index (κ3) is 8.31. The smallest absolute Gasteiger partial charge is 0.328 e. The Morgan fingerprint density at radius 3 is 2.12 bits per heavy atom. The number of aryl methyl sites for hydroxylation is 1. The van der Waals surface area contributed by atoms with Crippen LogP contribution >= 0.6 is 0 Å². The Bertz CT molecular complexity index is 1580. The van der Waals surface area contributed by atoms with Gasteiger partial charge >= 0.3 is 12.0 Å². The number of rotatable bonds is 12. The number of imide groups is 2. The van der Waals surface area contributed by atoms with Gasteiger partial charge < -0.3 is 35.8 Å². The first kappa shape index (κ1) is 36.3. The first-order chi connectivity index (χ1) is 22.9. The molecule has 4 amide bonds. The second-order valence-corrected chi connectivity index (χ2v) is 11.9. The SMILES string of the molecule is Cc1cc(COc2ccc(C3(N4CCN(CCCC(=O)O)CC4)C(=O)NC(=O)NC3=O)cc2)c2ccccc2n1.NC(CO)(CO)CO. The number of urea groups is 1. The lowest BCUT2D eigenvalue weighted by atomic mass is 9.84. The molecule has 2 aromatic carbocycles. The van der Waals surface area contributed by atoms with Crippen LogP contribution in [0.2, 0.25) is 0 Å². The van der Waals surface area contributed by atoms with E-state index in [0.29, 0.717) is 57.1 Å². The van der Waals surface area contributed by atoms with Gasteiger partial charge in [0.15, 0.2) is 0 Å². The van der Waals surface area contributed by atoms with Gasteiger partial charge in [0.05, 0.1) is 30.9 Å². The summed E-state index contributed by atoms with van der Waals surface area (Å²) in [4.78, 5) is 58.0. The third-order valence-corrected chi connectivity index (χ3v) is 8.36. The van der Waals surface area contributed by atoms with Crippen molar-refractivity contribution in [2.45, 2.75) is 37.5 Å². The van der Waals surface area contributed by atoms with Crippen LogP contribution in [0.5, 0.6) is 5.75 Å². The van der Waals surface area contributed by atoms with Crippen LogP contribution in [0.3, 0.4) is 0 Å². The molecule has 2 saturated heterocycles. The van der Waals surface area contributed by atoms with Gasteiger partial charge in [-0.3, -0.25) is 34.9 Å². The summed E-state index contributed by atoms with van der Waals surface area (Å²) in [6.45, 7) is 3.53. The van der Waals surface area contributed by atoms with Gasteiger partial charge in [0, 0.05) is 49.2 Å². The van der Waals surface area contributed by atoms with Crippen molar-refractivity contribution in [1.82, 2.24) is 25.4 Å². The van der Waals surface area contributed by atoms with E-state index in [2.05, 4.69) is 20.5 Å². The van der Waals surface area contributed by atoms with Crippen LogP contribution < -0.4 is 21.1 Å². The van der Waals surface area contributed by atoms with Crippen LogP contribution in [-0.2, 0) is 26.5 Å². The Kier molecular flexibility index (Phi) is 12.2. The standard InChI is InChI=1S/C29H31N5O6.C4H11NO3/c1-19-17-20(23-5-2-3-6-24(23)30-19)18-40-22-10-8-21(9-11-22)29(26(37)31-28(39)32-27(29)38)34-15-13-33(14-16-34)12-4-7-25(35)36;5-4(1-6,2-7)3-8/h2-3,5-6,8-11,17H,4,7,12-16,18H2,1H3,(H,35,36)(H2,31,32,37,38,39);6-8H,1-3,5H2. The van der Waals surface area contributed by atoms with E-state index >= 15 is 0 Å². The number of para-hydroxylation sites is 1. The normalized spacial score (nSPS) is 16.9. The van der Waals surface area contributed by atoms with Gasteiger partial charge in [0.2, 0.25) is 5.54 Å². The van der Waals surface area contributed by atoms with Crippen LogP contribution in [0, 0.1) is 6.92 Å². The van der Waals surface area contributed by atoms with Gasteiger partial charge in [-0.25, -0.2) is 4.79 Å². The molecule has 0 aliphatic carbocycles. The highest BCUT2D eigenvalue weighted by atomic mass is 16.5. The molecule has 48 heavy (non-hydrogen) atoms. The number of benzene rings is 2. The predicted octanol–water partition coefficient (Wildman–Crippen LogP) is -0.173. The van der Waals surface area contributed by atoms with E-state index in [9.17, 15) is 19.2 Å². The van der Waals surface area contributed by atoms with Crippen molar-refractivity contribution in [1.29, 1.82) is 0 Å². The number of hydrogen-bond donors (Lipinski definition) is 7. The Hall–Kier alpha value is -4.51. The minimum atomic E-state index is -1.72. The molecule has 0 spiro atoms. The van der Waals surface area contributed by atoms with Crippen LogP contribution in [0.25, 0.3) is 10.9 Å². The first-order valence-corrected chi connectivity index (χ1v) is 15.5. The monoisotopic (exact) mass is 666 g/mol. The number of ether oxygens (including phenoxy) is 1. The summed E-state index contributed by atoms with van der Waals surface area (Å²) >= 11 is 0. The molecule has 3 heterocycles. The van der Waals surface area contributed by atoms with Crippen molar-refractivity contribution in [3.05, 3.63) is 71.4 Å². The number of aliphatic carboxylic acids is 1. The highest BCUT2D eigenvalue weighted by molar-refractivity contribution is 6.22. The molecule has 8 N–H and O–H groups in total. The van der Waals surface area contributed by atoms with E-state index in [-0.39, 0.29) is 6.42 Å². The van der Waals surface area contributed by atoms with E-state index in [0.717, 1.165) is 22.2 Å². The lowest BCUT2D eigenvalue weighted by molar-refractivity contribution is -0.150. The van der Waals surface area contributed by atoms with Gasteiger partial charge in [-0.15, -0.1) is 0 Å². The highest BCUT2D eigenvalue weighted by Crippen LogP contribution is 2.34. The van der Waals surface area contributed by atoms with Crippen molar-refractivity contribution in [2.24, 2.45) is 5.73 Å². The molecule has 0 bridgehead atoms. The maximum Gasteiger partial charge on any atom is 0.328 e. The number of pyridine rings is 1. The van der Waals surface area contributed by atoms with Crippen molar-refractivity contribution >= 4 is 34.7 Å². The summed E-state index contributed by atoms with van der Waals surface area (Å²) in [5.41, 5.74) is 5.41. The van der Waals surface area contributed by atoms with E-state index in [4.69, 9.17) is 30.9 Å². The molecule has 1 aromatic heterocycles. The highest BCUT2D eigenvalue weighted by Gasteiger charge is 2.56. The van der Waals surface area contributed by atoms with Crippen molar-refractivity contribution in [3.8, 4) is 5.75 Å². The number of carbonyl (C=O) groups is 4. The summed E-state index contributed by atoms with van der Waals surface area (Å²) in [5.74, 6) is -1.68. The molecule has 0 atom stereocenters. The number of carbonyl (C=O) groups excluding carboxylic acids is 3. The molecule has 258 valence electrons. The average Bonchev–Trinajstić information content (AvgIpc) is 3.08. The largest absolute Gasteiger partial charge is 0.489 e. The zero-order valence-electron chi connectivity index (χ0n) is 26.7. The average molecular weight is 667 g/mol. The number of amides is 4. The number of nitrogens with zero attached hydrogens (tertiary/aromatic N) is 3. The number of barbiturate groups is 1. The van der Waals surface area contributed by atoms with E-state index in [1.807, 2.05) is 37.3 Å². The molecular formula is C33H42N6O9. The van der Waals surface area contributed by atoms with Crippen LogP contribution in [0.15, 0.2) is 54.6 Å². The Labute approximate surface area is 277 Å². The van der Waals surface area contributed by atoms with E-state index in [1.54, 1.807) is 29.2 Å². The van der Waals surface area contributed by atoms with Crippen molar-refractivity contribution < 1.29 is 44.3 Å². The number of carboxylic acids is 1. The first-order valence-electron chi connectivity index (χ1n) is 15.5. The molecule has 3 aromatic rings. The van der Waals surface area contributed by atoms with Gasteiger partial charge in [0.25, 0.3) is 11.8 Å². The number of piperazine rings is 1. The summed E-state index contributed by atoms with van der Waals surface area (Å²) < 4.78 is 6.07. The molecule has 2 fully saturated rings. The fourth-order valence-electron chi connectivity index (χ4n) is 5.63. The third-order valence-electron chi connectivity index (χ3n) is 8.36. The van der Waals surface area contributed by atoms with E-state index < -0.39 is 54.7 Å². The Balaban J connectivity index is 0.000000579. The lowest BCUT2D eigenvalue weighted by Crippen LogP contribution is -2.72.